The lowest BCUT2D eigenvalue weighted by atomic mass is 10.1. The molecule has 0 radical (unpaired) electrons. The molecule has 1 amide bonds. The standard InChI is InChI=1S/C16H21N5O2/c1-12-2-3-14(17-8-12)18-9-13-4-6-21(10-13)11-16(22)19-15-5-7-23-20-15/h2-3,5,7-8,13H,4,6,9-11H2,1H3,(H,17,18)(H,19,20,22)/t13-/m0/s1. The van der Waals surface area contributed by atoms with Gasteiger partial charge in [-0.3, -0.25) is 9.69 Å². The summed E-state index contributed by atoms with van der Waals surface area (Å²) in [4.78, 5) is 18.4. The molecule has 2 aromatic rings. The molecule has 7 nitrogen and oxygen atoms in total. The van der Waals surface area contributed by atoms with E-state index in [0.717, 1.165) is 37.4 Å². The fraction of sp³-hybridized carbons (Fsp3) is 0.438. The molecule has 2 N–H and O–H groups in total. The van der Waals surface area contributed by atoms with Crippen molar-refractivity contribution >= 4 is 17.5 Å². The molecule has 0 aromatic carbocycles. The molecular formula is C16H21N5O2. The second-order valence-corrected chi connectivity index (χ2v) is 5.92. The van der Waals surface area contributed by atoms with Crippen molar-refractivity contribution < 1.29 is 9.32 Å². The molecule has 1 aliphatic heterocycles. The topological polar surface area (TPSA) is 83.3 Å². The zero-order valence-corrected chi connectivity index (χ0v) is 13.2. The second-order valence-electron chi connectivity index (χ2n) is 5.92. The fourth-order valence-corrected chi connectivity index (χ4v) is 2.71. The van der Waals surface area contributed by atoms with Gasteiger partial charge in [0.15, 0.2) is 5.82 Å². The van der Waals surface area contributed by atoms with Crippen LogP contribution in [-0.4, -0.2) is 47.1 Å². The minimum Gasteiger partial charge on any atom is -0.370 e. The van der Waals surface area contributed by atoms with Crippen LogP contribution in [0.25, 0.3) is 0 Å². The number of hydrogen-bond acceptors (Lipinski definition) is 6. The van der Waals surface area contributed by atoms with E-state index in [1.54, 1.807) is 6.07 Å². The van der Waals surface area contributed by atoms with E-state index in [0.29, 0.717) is 18.3 Å². The number of aromatic nitrogens is 2. The molecule has 1 saturated heterocycles. The molecule has 0 saturated carbocycles. The van der Waals surface area contributed by atoms with Crippen LogP contribution in [0.5, 0.6) is 0 Å². The maximum absolute atomic E-state index is 11.9. The van der Waals surface area contributed by atoms with Crippen molar-refractivity contribution in [3.8, 4) is 0 Å². The lowest BCUT2D eigenvalue weighted by Crippen LogP contribution is -2.32. The largest absolute Gasteiger partial charge is 0.370 e. The van der Waals surface area contributed by atoms with Crippen molar-refractivity contribution in [2.24, 2.45) is 5.92 Å². The van der Waals surface area contributed by atoms with Crippen molar-refractivity contribution in [3.63, 3.8) is 0 Å². The first-order chi connectivity index (χ1) is 11.2. The Labute approximate surface area is 135 Å². The maximum Gasteiger partial charge on any atom is 0.239 e. The Morgan fingerprint density at radius 2 is 2.30 bits per heavy atom. The molecule has 0 bridgehead atoms. The average molecular weight is 315 g/mol. The number of amides is 1. The monoisotopic (exact) mass is 315 g/mol. The van der Waals surface area contributed by atoms with Crippen LogP contribution in [-0.2, 0) is 4.79 Å². The van der Waals surface area contributed by atoms with Crippen molar-refractivity contribution in [2.45, 2.75) is 13.3 Å². The molecule has 122 valence electrons. The van der Waals surface area contributed by atoms with Crippen molar-refractivity contribution in [1.82, 2.24) is 15.0 Å². The molecule has 3 rings (SSSR count). The van der Waals surface area contributed by atoms with Crippen molar-refractivity contribution in [2.75, 3.05) is 36.8 Å². The SMILES string of the molecule is Cc1ccc(NC[C@@H]2CCN(CC(=O)Nc3ccon3)C2)nc1. The van der Waals surface area contributed by atoms with Gasteiger partial charge in [0, 0.05) is 25.4 Å². The number of hydrogen-bond donors (Lipinski definition) is 2. The molecule has 1 aliphatic rings. The molecule has 1 atom stereocenters. The van der Waals surface area contributed by atoms with Crippen LogP contribution in [0.2, 0.25) is 0 Å². The van der Waals surface area contributed by atoms with E-state index in [9.17, 15) is 4.79 Å². The number of likely N-dealkylation sites (tertiary alicyclic amines) is 1. The highest BCUT2D eigenvalue weighted by molar-refractivity contribution is 5.91. The molecule has 0 unspecified atom stereocenters. The van der Waals surface area contributed by atoms with Crippen LogP contribution in [0.3, 0.4) is 0 Å². The Hall–Kier alpha value is -2.41. The summed E-state index contributed by atoms with van der Waals surface area (Å²) in [7, 11) is 0. The molecule has 3 heterocycles. The average Bonchev–Trinajstić information content (AvgIpc) is 3.19. The Bertz CT molecular complexity index is 626. The Kier molecular flexibility index (Phi) is 4.87. The summed E-state index contributed by atoms with van der Waals surface area (Å²) in [5, 5.41) is 9.75. The third-order valence-electron chi connectivity index (χ3n) is 3.93. The minimum absolute atomic E-state index is 0.0623. The number of nitrogens with one attached hydrogen (secondary N) is 2. The minimum atomic E-state index is -0.0623. The molecule has 7 heteroatoms. The van der Waals surface area contributed by atoms with E-state index in [4.69, 9.17) is 4.52 Å². The van der Waals surface area contributed by atoms with Crippen molar-refractivity contribution in [1.29, 1.82) is 0 Å². The van der Waals surface area contributed by atoms with E-state index in [2.05, 4.69) is 25.7 Å². The quantitative estimate of drug-likeness (QED) is 0.845. The van der Waals surface area contributed by atoms with Crippen LogP contribution < -0.4 is 10.6 Å². The Balaban J connectivity index is 1.39. The molecule has 0 aliphatic carbocycles. The zero-order chi connectivity index (χ0) is 16.1. The summed E-state index contributed by atoms with van der Waals surface area (Å²) < 4.78 is 4.69. The van der Waals surface area contributed by atoms with Gasteiger partial charge in [-0.25, -0.2) is 4.98 Å². The van der Waals surface area contributed by atoms with Gasteiger partial charge in [0.25, 0.3) is 0 Å². The second kappa shape index (κ2) is 7.23. The van der Waals surface area contributed by atoms with E-state index in [1.807, 2.05) is 25.3 Å². The number of nitrogens with zero attached hydrogens (tertiary/aromatic N) is 3. The van der Waals surface area contributed by atoms with Crippen LogP contribution >= 0.6 is 0 Å². The van der Waals surface area contributed by atoms with Crippen LogP contribution in [0.1, 0.15) is 12.0 Å². The maximum atomic E-state index is 11.9. The van der Waals surface area contributed by atoms with E-state index in [-0.39, 0.29) is 5.91 Å². The van der Waals surface area contributed by atoms with Crippen LogP contribution in [0.4, 0.5) is 11.6 Å². The van der Waals surface area contributed by atoms with Gasteiger partial charge < -0.3 is 15.2 Å². The van der Waals surface area contributed by atoms with Gasteiger partial charge in [-0.15, -0.1) is 0 Å². The lowest BCUT2D eigenvalue weighted by molar-refractivity contribution is -0.117. The highest BCUT2D eigenvalue weighted by Gasteiger charge is 2.24. The van der Waals surface area contributed by atoms with Crippen LogP contribution in [0.15, 0.2) is 35.2 Å². The van der Waals surface area contributed by atoms with Crippen molar-refractivity contribution in [3.05, 3.63) is 36.2 Å². The number of carbonyl (C=O) groups is 1. The van der Waals surface area contributed by atoms with Gasteiger partial charge in [0.05, 0.1) is 6.54 Å². The summed E-state index contributed by atoms with van der Waals surface area (Å²) in [6, 6.07) is 5.67. The summed E-state index contributed by atoms with van der Waals surface area (Å²) in [5.74, 6) is 1.82. The number of carbonyl (C=O) groups excluding carboxylic acids is 1. The molecule has 23 heavy (non-hydrogen) atoms. The number of aryl methyl sites for hydroxylation is 1. The first kappa shape index (κ1) is 15.5. The van der Waals surface area contributed by atoms with Gasteiger partial charge in [0.1, 0.15) is 12.1 Å². The highest BCUT2D eigenvalue weighted by atomic mass is 16.5. The van der Waals surface area contributed by atoms with E-state index >= 15 is 0 Å². The highest BCUT2D eigenvalue weighted by Crippen LogP contribution is 2.17. The summed E-state index contributed by atoms with van der Waals surface area (Å²) in [5.41, 5.74) is 1.15. The van der Waals surface area contributed by atoms with Gasteiger partial charge in [0.2, 0.25) is 5.91 Å². The normalized spacial score (nSPS) is 18.0. The fourth-order valence-electron chi connectivity index (χ4n) is 2.71. The first-order valence-corrected chi connectivity index (χ1v) is 7.78. The molecule has 2 aromatic heterocycles. The van der Waals surface area contributed by atoms with Gasteiger partial charge in [-0.05, 0) is 37.4 Å². The van der Waals surface area contributed by atoms with E-state index < -0.39 is 0 Å². The van der Waals surface area contributed by atoms with E-state index in [1.165, 1.54) is 6.26 Å². The lowest BCUT2D eigenvalue weighted by Gasteiger charge is -2.15. The van der Waals surface area contributed by atoms with Gasteiger partial charge >= 0.3 is 0 Å². The molecule has 0 spiro atoms. The molecule has 1 fully saturated rings. The van der Waals surface area contributed by atoms with Gasteiger partial charge in [-0.2, -0.15) is 0 Å². The summed E-state index contributed by atoms with van der Waals surface area (Å²) in [6.45, 7) is 5.12. The number of pyridine rings is 1. The predicted octanol–water partition coefficient (Wildman–Crippen LogP) is 1.75. The Morgan fingerprint density at radius 1 is 1.39 bits per heavy atom. The summed E-state index contributed by atoms with van der Waals surface area (Å²) >= 11 is 0. The summed E-state index contributed by atoms with van der Waals surface area (Å²) in [6.07, 6.45) is 4.37. The third-order valence-corrected chi connectivity index (χ3v) is 3.93. The smallest absolute Gasteiger partial charge is 0.239 e. The number of rotatable bonds is 6. The first-order valence-electron chi connectivity index (χ1n) is 7.78. The number of anilines is 2. The third kappa shape index (κ3) is 4.53. The zero-order valence-electron chi connectivity index (χ0n) is 13.2. The van der Waals surface area contributed by atoms with Crippen LogP contribution in [0, 0.1) is 12.8 Å². The van der Waals surface area contributed by atoms with Gasteiger partial charge in [-0.1, -0.05) is 11.2 Å². The predicted molar refractivity (Wildman–Crippen MR) is 87.1 cm³/mol. The molecular weight excluding hydrogens is 294 g/mol. The Morgan fingerprint density at radius 3 is 3.04 bits per heavy atom.